The number of nitrogens with zero attached hydrogens (tertiary/aromatic N) is 6. The molecular formula is C25H30FN7O2S. The molecule has 11 heteroatoms. The summed E-state index contributed by atoms with van der Waals surface area (Å²) in [5.74, 6) is -0.112. The Morgan fingerprint density at radius 1 is 1.14 bits per heavy atom. The highest BCUT2D eigenvalue weighted by molar-refractivity contribution is 7.09. The monoisotopic (exact) mass is 511 g/mol. The number of carbonyl (C=O) groups is 1. The number of aryl methyl sites for hydroxylation is 1. The lowest BCUT2D eigenvalue weighted by atomic mass is 10.0. The number of hydrogen-bond donors (Lipinski definition) is 1. The SMILES string of the molecule is Cc1nc(C(=O)Nc2cc(-c3cnc(N4CCOCC4)nc3)c(F)cc2N2CCN(C)C(C)C2)cs1. The van der Waals surface area contributed by atoms with Crippen LogP contribution in [0, 0.1) is 12.7 Å². The number of thiazole rings is 1. The Hall–Kier alpha value is -3.15. The summed E-state index contributed by atoms with van der Waals surface area (Å²) < 4.78 is 20.9. The average Bonchev–Trinajstić information content (AvgIpc) is 3.33. The second kappa shape index (κ2) is 10.5. The number of morpholine rings is 1. The van der Waals surface area contributed by atoms with E-state index in [1.165, 1.54) is 17.4 Å². The molecule has 1 N–H and O–H groups in total. The molecule has 1 unspecified atom stereocenters. The Morgan fingerprint density at radius 3 is 2.56 bits per heavy atom. The number of piperazine rings is 1. The van der Waals surface area contributed by atoms with Gasteiger partial charge in [-0.1, -0.05) is 0 Å². The average molecular weight is 512 g/mol. The molecule has 5 rings (SSSR count). The first-order chi connectivity index (χ1) is 17.4. The van der Waals surface area contributed by atoms with Gasteiger partial charge in [0.15, 0.2) is 0 Å². The summed E-state index contributed by atoms with van der Waals surface area (Å²) in [7, 11) is 2.08. The molecule has 0 bridgehead atoms. The lowest BCUT2D eigenvalue weighted by molar-refractivity contribution is 0.102. The summed E-state index contributed by atoms with van der Waals surface area (Å²) in [6, 6.07) is 3.48. The minimum Gasteiger partial charge on any atom is -0.378 e. The molecule has 1 amide bonds. The van der Waals surface area contributed by atoms with Crippen molar-refractivity contribution in [1.82, 2.24) is 19.9 Å². The molecule has 2 saturated heterocycles. The maximum atomic E-state index is 15.5. The smallest absolute Gasteiger partial charge is 0.275 e. The molecule has 2 aliphatic rings. The molecule has 0 aliphatic carbocycles. The summed E-state index contributed by atoms with van der Waals surface area (Å²) in [5.41, 5.74) is 2.42. The molecule has 9 nitrogen and oxygen atoms in total. The molecule has 36 heavy (non-hydrogen) atoms. The van der Waals surface area contributed by atoms with Crippen molar-refractivity contribution in [3.8, 4) is 11.1 Å². The number of anilines is 3. The lowest BCUT2D eigenvalue weighted by Gasteiger charge is -2.39. The van der Waals surface area contributed by atoms with Gasteiger partial charge in [0, 0.05) is 67.7 Å². The summed E-state index contributed by atoms with van der Waals surface area (Å²) in [4.78, 5) is 32.7. The van der Waals surface area contributed by atoms with Crippen LogP contribution < -0.4 is 15.1 Å². The first-order valence-corrected chi connectivity index (χ1v) is 12.9. The van der Waals surface area contributed by atoms with Crippen molar-refractivity contribution in [2.24, 2.45) is 0 Å². The van der Waals surface area contributed by atoms with E-state index < -0.39 is 0 Å². The van der Waals surface area contributed by atoms with Crippen molar-refractivity contribution < 1.29 is 13.9 Å². The molecule has 1 aromatic carbocycles. The van der Waals surface area contributed by atoms with Crippen LogP contribution in [-0.2, 0) is 4.74 Å². The van der Waals surface area contributed by atoms with E-state index in [1.54, 1.807) is 23.8 Å². The van der Waals surface area contributed by atoms with Crippen LogP contribution >= 0.6 is 11.3 Å². The van der Waals surface area contributed by atoms with Gasteiger partial charge in [-0.05, 0) is 33.0 Å². The van der Waals surface area contributed by atoms with Gasteiger partial charge >= 0.3 is 0 Å². The fourth-order valence-corrected chi connectivity index (χ4v) is 5.05. The molecule has 3 aromatic rings. The van der Waals surface area contributed by atoms with E-state index in [0.29, 0.717) is 53.4 Å². The second-order valence-corrected chi connectivity index (χ2v) is 10.3. The van der Waals surface area contributed by atoms with Crippen molar-refractivity contribution >= 4 is 34.6 Å². The van der Waals surface area contributed by atoms with Gasteiger partial charge in [-0.25, -0.2) is 19.3 Å². The number of likely N-dealkylation sites (N-methyl/N-ethyl adjacent to an activating group) is 1. The number of aromatic nitrogens is 3. The summed E-state index contributed by atoms with van der Waals surface area (Å²) in [5, 5.41) is 5.52. The highest BCUT2D eigenvalue weighted by Crippen LogP contribution is 2.35. The van der Waals surface area contributed by atoms with Gasteiger partial charge in [0.05, 0.1) is 29.6 Å². The van der Waals surface area contributed by atoms with Crippen LogP contribution in [0.15, 0.2) is 29.9 Å². The van der Waals surface area contributed by atoms with Crippen molar-refractivity contribution in [3.05, 3.63) is 46.4 Å². The predicted molar refractivity (Wildman–Crippen MR) is 140 cm³/mol. The van der Waals surface area contributed by atoms with E-state index in [9.17, 15) is 4.79 Å². The number of carbonyl (C=O) groups excluding carboxylic acids is 1. The number of amides is 1. The van der Waals surface area contributed by atoms with Crippen molar-refractivity contribution in [1.29, 1.82) is 0 Å². The molecule has 1 atom stereocenters. The second-order valence-electron chi connectivity index (χ2n) is 9.20. The minimum absolute atomic E-state index is 0.298. The van der Waals surface area contributed by atoms with Crippen molar-refractivity contribution in [3.63, 3.8) is 0 Å². The summed E-state index contributed by atoms with van der Waals surface area (Å²) in [6.07, 6.45) is 3.26. The number of benzene rings is 1. The van der Waals surface area contributed by atoms with E-state index >= 15 is 4.39 Å². The molecule has 0 saturated carbocycles. The topological polar surface area (TPSA) is 86.7 Å². The van der Waals surface area contributed by atoms with Crippen LogP contribution in [0.25, 0.3) is 11.1 Å². The zero-order valence-electron chi connectivity index (χ0n) is 20.7. The zero-order valence-corrected chi connectivity index (χ0v) is 21.5. The lowest BCUT2D eigenvalue weighted by Crippen LogP contribution is -2.50. The largest absolute Gasteiger partial charge is 0.378 e. The fourth-order valence-electron chi connectivity index (χ4n) is 4.45. The molecule has 0 spiro atoms. The normalized spacial score (nSPS) is 18.9. The maximum Gasteiger partial charge on any atom is 0.275 e. The quantitative estimate of drug-likeness (QED) is 0.559. The fraction of sp³-hybridized carbons (Fsp3) is 0.440. The predicted octanol–water partition coefficient (Wildman–Crippen LogP) is 3.28. The number of rotatable bonds is 5. The van der Waals surface area contributed by atoms with E-state index in [-0.39, 0.29) is 11.7 Å². The van der Waals surface area contributed by atoms with E-state index in [4.69, 9.17) is 4.74 Å². The Bertz CT molecular complexity index is 1230. The molecule has 0 radical (unpaired) electrons. The Labute approximate surface area is 213 Å². The molecule has 190 valence electrons. The van der Waals surface area contributed by atoms with Crippen LogP contribution in [0.2, 0.25) is 0 Å². The Kier molecular flexibility index (Phi) is 7.13. The van der Waals surface area contributed by atoms with Crippen LogP contribution in [-0.4, -0.2) is 84.8 Å². The van der Waals surface area contributed by atoms with Gasteiger partial charge in [0.25, 0.3) is 5.91 Å². The van der Waals surface area contributed by atoms with Crippen molar-refractivity contribution in [2.75, 3.05) is 68.1 Å². The van der Waals surface area contributed by atoms with E-state index in [1.807, 2.05) is 11.8 Å². The molecule has 2 aromatic heterocycles. The van der Waals surface area contributed by atoms with Gasteiger partial charge in [-0.2, -0.15) is 0 Å². The van der Waals surface area contributed by atoms with Gasteiger partial charge in [0.2, 0.25) is 5.95 Å². The van der Waals surface area contributed by atoms with Gasteiger partial charge < -0.3 is 24.8 Å². The summed E-state index contributed by atoms with van der Waals surface area (Å²) in [6.45, 7) is 9.01. The number of ether oxygens (including phenoxy) is 1. The molecule has 2 aliphatic heterocycles. The first-order valence-electron chi connectivity index (χ1n) is 12.1. The third kappa shape index (κ3) is 5.18. The third-order valence-corrected chi connectivity index (χ3v) is 7.50. The van der Waals surface area contributed by atoms with Crippen LogP contribution in [0.4, 0.5) is 21.7 Å². The zero-order chi connectivity index (χ0) is 25.2. The van der Waals surface area contributed by atoms with Gasteiger partial charge in [-0.3, -0.25) is 4.79 Å². The minimum atomic E-state index is -0.387. The Balaban J connectivity index is 1.48. The van der Waals surface area contributed by atoms with Crippen LogP contribution in [0.1, 0.15) is 22.4 Å². The number of hydrogen-bond acceptors (Lipinski definition) is 9. The highest BCUT2D eigenvalue weighted by atomic mass is 32.1. The maximum absolute atomic E-state index is 15.5. The molecule has 2 fully saturated rings. The van der Waals surface area contributed by atoms with Crippen LogP contribution in [0.5, 0.6) is 0 Å². The highest BCUT2D eigenvalue weighted by Gasteiger charge is 2.25. The number of halogens is 1. The standard InChI is InChI=1S/C25H30FN7O2S/c1-16-14-33(5-4-31(16)3)23-11-20(26)19(10-21(23)30-24(34)22-15-36-17(2)29-22)18-12-27-25(28-13-18)32-6-8-35-9-7-32/h10-13,15-16H,4-9,14H2,1-3H3,(H,30,34). The van der Waals surface area contributed by atoms with Gasteiger partial charge in [-0.15, -0.1) is 11.3 Å². The van der Waals surface area contributed by atoms with Crippen molar-refractivity contribution in [2.45, 2.75) is 19.9 Å². The van der Waals surface area contributed by atoms with Gasteiger partial charge in [0.1, 0.15) is 11.5 Å². The third-order valence-electron chi connectivity index (χ3n) is 6.73. The Morgan fingerprint density at radius 2 is 1.89 bits per heavy atom. The van der Waals surface area contributed by atoms with E-state index in [2.05, 4.69) is 44.0 Å². The molecule has 4 heterocycles. The number of nitrogens with one attached hydrogen (secondary N) is 1. The van der Waals surface area contributed by atoms with E-state index in [0.717, 1.165) is 37.7 Å². The molecular weight excluding hydrogens is 481 g/mol. The first kappa shape index (κ1) is 24.5. The summed E-state index contributed by atoms with van der Waals surface area (Å²) >= 11 is 1.42. The van der Waals surface area contributed by atoms with Crippen LogP contribution in [0.3, 0.4) is 0 Å².